The van der Waals surface area contributed by atoms with Crippen LogP contribution in [0.1, 0.15) is 22.4 Å². The Morgan fingerprint density at radius 2 is 1.22 bits per heavy atom. The molecule has 3 heterocycles. The van der Waals surface area contributed by atoms with Crippen molar-refractivity contribution in [3.8, 4) is 28.0 Å². The second-order valence-electron chi connectivity index (χ2n) is 12.4. The topological polar surface area (TPSA) is 66.9 Å². The maximum atomic E-state index is 11.9. The third-order valence-corrected chi connectivity index (χ3v) is 9.36. The second kappa shape index (κ2) is 12.9. The Kier molecular flexibility index (Phi) is 7.93. The van der Waals surface area contributed by atoms with Gasteiger partial charge in [0, 0.05) is 49.2 Å². The maximum Gasteiger partial charge on any atom is 0.250 e. The molecule has 8 rings (SSSR count). The predicted molar refractivity (Wildman–Crippen MR) is 198 cm³/mol. The molecule has 0 aliphatic carbocycles. The number of rotatable bonds is 9. The molecule has 0 spiro atoms. The van der Waals surface area contributed by atoms with Crippen molar-refractivity contribution in [2.24, 2.45) is 14.1 Å². The zero-order chi connectivity index (χ0) is 34.1. The van der Waals surface area contributed by atoms with Crippen LogP contribution >= 0.6 is 0 Å². The van der Waals surface area contributed by atoms with E-state index >= 15 is 0 Å². The van der Waals surface area contributed by atoms with E-state index in [1.807, 2.05) is 44.0 Å². The fraction of sp³-hybridized carbons (Fsp3) is 0.0930. The number of para-hydroxylation sites is 1. The van der Waals surface area contributed by atoms with Gasteiger partial charge in [0.25, 0.3) is 0 Å². The molecule has 0 fully saturated rings. The number of benzene rings is 5. The first-order valence-corrected chi connectivity index (χ1v) is 16.6. The Bertz CT molecular complexity index is 2370. The summed E-state index contributed by atoms with van der Waals surface area (Å²) in [6.45, 7) is 0.291. The van der Waals surface area contributed by atoms with Crippen LogP contribution in [-0.2, 0) is 26.2 Å². The Morgan fingerprint density at radius 3 is 1.82 bits per heavy atom. The van der Waals surface area contributed by atoms with Gasteiger partial charge in [0.15, 0.2) is 0 Å². The van der Waals surface area contributed by atoms with Crippen LogP contribution in [0.15, 0.2) is 169 Å². The lowest BCUT2D eigenvalue weighted by Gasteiger charge is -2.38. The van der Waals surface area contributed by atoms with E-state index in [0.717, 1.165) is 61.4 Å². The van der Waals surface area contributed by atoms with Crippen molar-refractivity contribution in [3.63, 3.8) is 0 Å². The van der Waals surface area contributed by atoms with Gasteiger partial charge >= 0.3 is 0 Å². The molecule has 0 saturated heterocycles. The molecule has 50 heavy (non-hydrogen) atoms. The van der Waals surface area contributed by atoms with E-state index in [1.165, 1.54) is 0 Å². The number of fused-ring (bicyclic) bond motifs is 1. The van der Waals surface area contributed by atoms with Gasteiger partial charge in [0.05, 0.1) is 17.4 Å². The van der Waals surface area contributed by atoms with Crippen LogP contribution in [0.3, 0.4) is 0 Å². The van der Waals surface area contributed by atoms with E-state index in [9.17, 15) is 4.79 Å². The van der Waals surface area contributed by atoms with Crippen LogP contribution in [-0.4, -0.2) is 23.9 Å². The third kappa shape index (κ3) is 5.39. The average molecular weight is 654 g/mol. The molecule has 7 heteroatoms. The predicted octanol–water partition coefficient (Wildman–Crippen LogP) is 8.22. The highest BCUT2D eigenvalue weighted by molar-refractivity contribution is 5.92. The number of nitrogens with zero attached hydrogens (tertiary/aromatic N) is 5. The molecule has 0 aliphatic rings. The van der Waals surface area contributed by atoms with Crippen molar-refractivity contribution in [2.75, 3.05) is 0 Å². The molecule has 0 aliphatic heterocycles. The minimum absolute atomic E-state index is 0.0547. The zero-order valence-corrected chi connectivity index (χ0v) is 27.8. The summed E-state index contributed by atoms with van der Waals surface area (Å²) < 4.78 is 11.9. The second-order valence-corrected chi connectivity index (χ2v) is 12.4. The fourth-order valence-corrected chi connectivity index (χ4v) is 7.01. The molecule has 244 valence electrons. The highest BCUT2D eigenvalue weighted by Crippen LogP contribution is 2.43. The number of imidazole rings is 1. The van der Waals surface area contributed by atoms with Gasteiger partial charge in [-0.2, -0.15) is 5.10 Å². The molecule has 0 radical (unpaired) electrons. The lowest BCUT2D eigenvalue weighted by atomic mass is 9.76. The van der Waals surface area contributed by atoms with Gasteiger partial charge in [-0.1, -0.05) is 115 Å². The number of hydrogen-bond donors (Lipinski definition) is 0. The molecule has 0 saturated carbocycles. The lowest BCUT2D eigenvalue weighted by Crippen LogP contribution is -2.37. The van der Waals surface area contributed by atoms with Gasteiger partial charge in [0.2, 0.25) is 5.56 Å². The summed E-state index contributed by atoms with van der Waals surface area (Å²) in [5, 5.41) is 4.63. The van der Waals surface area contributed by atoms with E-state index in [4.69, 9.17) is 9.72 Å². The van der Waals surface area contributed by atoms with Gasteiger partial charge in [-0.15, -0.1) is 0 Å². The van der Waals surface area contributed by atoms with Crippen LogP contribution in [0.5, 0.6) is 5.75 Å². The molecule has 0 amide bonds. The van der Waals surface area contributed by atoms with E-state index in [-0.39, 0.29) is 5.56 Å². The van der Waals surface area contributed by atoms with Gasteiger partial charge in [0.1, 0.15) is 23.6 Å². The van der Waals surface area contributed by atoms with Gasteiger partial charge in [-0.25, -0.2) is 4.98 Å². The van der Waals surface area contributed by atoms with Crippen molar-refractivity contribution in [1.82, 2.24) is 23.9 Å². The number of ether oxygens (including phenoxy) is 1. The molecule has 8 aromatic rings. The summed E-state index contributed by atoms with van der Waals surface area (Å²) in [7, 11) is 3.63. The number of aromatic nitrogens is 5. The summed E-state index contributed by atoms with van der Waals surface area (Å²) in [6.07, 6.45) is 5.75. The van der Waals surface area contributed by atoms with Crippen LogP contribution in [0.2, 0.25) is 0 Å². The monoisotopic (exact) mass is 653 g/mol. The number of aryl methyl sites for hydroxylation is 2. The Hall–Kier alpha value is -6.47. The Balaban J connectivity index is 1.16. The molecule has 0 unspecified atom stereocenters. The zero-order valence-electron chi connectivity index (χ0n) is 27.8. The Labute approximate surface area is 290 Å². The first-order chi connectivity index (χ1) is 24.5. The van der Waals surface area contributed by atoms with Crippen LogP contribution in [0.4, 0.5) is 0 Å². The summed E-state index contributed by atoms with van der Waals surface area (Å²) in [5.74, 6) is 0.736. The summed E-state index contributed by atoms with van der Waals surface area (Å²) >= 11 is 0. The third-order valence-electron chi connectivity index (χ3n) is 9.36. The summed E-state index contributed by atoms with van der Waals surface area (Å²) in [5.41, 5.74) is 9.40. The smallest absolute Gasteiger partial charge is 0.250 e. The molecule has 0 N–H and O–H groups in total. The molecule has 5 aromatic carbocycles. The van der Waals surface area contributed by atoms with Gasteiger partial charge in [-0.3, -0.25) is 9.48 Å². The average Bonchev–Trinajstić information content (AvgIpc) is 3.77. The standard InChI is InChI=1S/C43H35N5O2/c1-46-27-32(23-26-41(46)49)38-28-47(2)45-39(38)29-50-36-24-21-31(22-25-36)37-19-12-20-40-42(37)44-30-48(40)43(33-13-6-3-7-14-33,34-15-8-4-9-16-34)35-17-10-5-11-18-35/h3-28,30H,29H2,1-2H3. The van der Waals surface area contributed by atoms with E-state index in [2.05, 4.69) is 131 Å². The first-order valence-electron chi connectivity index (χ1n) is 16.6. The fourth-order valence-electron chi connectivity index (χ4n) is 7.01. The Morgan fingerprint density at radius 1 is 0.620 bits per heavy atom. The highest BCUT2D eigenvalue weighted by atomic mass is 16.5. The van der Waals surface area contributed by atoms with E-state index in [0.29, 0.717) is 6.61 Å². The van der Waals surface area contributed by atoms with Crippen molar-refractivity contribution >= 4 is 11.0 Å². The van der Waals surface area contributed by atoms with Crippen molar-refractivity contribution in [1.29, 1.82) is 0 Å². The molecule has 0 atom stereocenters. The lowest BCUT2D eigenvalue weighted by molar-refractivity contribution is 0.300. The van der Waals surface area contributed by atoms with Crippen molar-refractivity contribution < 1.29 is 4.74 Å². The quantitative estimate of drug-likeness (QED) is 0.147. The summed E-state index contributed by atoms with van der Waals surface area (Å²) in [4.78, 5) is 17.0. The van der Waals surface area contributed by atoms with E-state index < -0.39 is 5.54 Å². The van der Waals surface area contributed by atoms with Crippen LogP contribution in [0, 0.1) is 0 Å². The molecular weight excluding hydrogens is 619 g/mol. The molecule has 7 nitrogen and oxygen atoms in total. The van der Waals surface area contributed by atoms with Gasteiger partial charge in [-0.05, 0) is 46.5 Å². The van der Waals surface area contributed by atoms with Gasteiger partial charge < -0.3 is 13.9 Å². The molecular formula is C43H35N5O2. The summed E-state index contributed by atoms with van der Waals surface area (Å²) in [6, 6.07) is 49.9. The normalized spacial score (nSPS) is 11.6. The minimum Gasteiger partial charge on any atom is -0.487 e. The highest BCUT2D eigenvalue weighted by Gasteiger charge is 2.39. The number of hydrogen-bond acceptors (Lipinski definition) is 4. The van der Waals surface area contributed by atoms with Crippen LogP contribution in [0.25, 0.3) is 33.3 Å². The SMILES string of the molecule is Cn1cc(-c2ccc(=O)n(C)c2)c(COc2ccc(-c3cccc4c3ncn4C(c3ccccc3)(c3ccccc3)c3ccccc3)cc2)n1. The van der Waals surface area contributed by atoms with Crippen molar-refractivity contribution in [3.05, 3.63) is 197 Å². The number of pyridine rings is 1. The van der Waals surface area contributed by atoms with Crippen LogP contribution < -0.4 is 10.3 Å². The largest absolute Gasteiger partial charge is 0.487 e. The molecule has 3 aromatic heterocycles. The van der Waals surface area contributed by atoms with E-state index in [1.54, 1.807) is 22.4 Å². The minimum atomic E-state index is -0.659. The maximum absolute atomic E-state index is 11.9. The first kappa shape index (κ1) is 30.8. The van der Waals surface area contributed by atoms with Crippen molar-refractivity contribution in [2.45, 2.75) is 12.1 Å². The molecule has 0 bridgehead atoms.